The van der Waals surface area contributed by atoms with E-state index in [1.54, 1.807) is 18.5 Å². The molecule has 3 rings (SSSR count). The van der Waals surface area contributed by atoms with Crippen molar-refractivity contribution >= 4 is 28.5 Å². The van der Waals surface area contributed by atoms with Crippen LogP contribution >= 0.6 is 11.5 Å². The van der Waals surface area contributed by atoms with Gasteiger partial charge in [0.25, 0.3) is 0 Å². The third-order valence-electron chi connectivity index (χ3n) is 3.14. The molecule has 0 fully saturated rings. The van der Waals surface area contributed by atoms with Crippen LogP contribution in [0.4, 0.5) is 0 Å². The summed E-state index contributed by atoms with van der Waals surface area (Å²) in [6.45, 7) is 2.03. The monoisotopic (exact) mass is 302 g/mol. The summed E-state index contributed by atoms with van der Waals surface area (Å²) in [6.07, 6.45) is 3.36. The van der Waals surface area contributed by atoms with Gasteiger partial charge in [0.1, 0.15) is 5.75 Å². The summed E-state index contributed by atoms with van der Waals surface area (Å²) < 4.78 is 11.1. The van der Waals surface area contributed by atoms with E-state index < -0.39 is 5.97 Å². The average molecular weight is 302 g/mol. The number of ether oxygens (including phenoxy) is 1. The average Bonchev–Trinajstić information content (AvgIpc) is 3.07. The predicted molar refractivity (Wildman–Crippen MR) is 79.6 cm³/mol. The van der Waals surface area contributed by atoms with Crippen LogP contribution in [-0.4, -0.2) is 25.1 Å². The lowest BCUT2D eigenvalue weighted by Crippen LogP contribution is -2.09. The van der Waals surface area contributed by atoms with Gasteiger partial charge in [-0.1, -0.05) is 17.8 Å². The minimum atomic E-state index is -0.413. The molecule has 21 heavy (non-hydrogen) atoms. The quantitative estimate of drug-likeness (QED) is 0.547. The molecule has 0 radical (unpaired) electrons. The maximum atomic E-state index is 12.2. The van der Waals surface area contributed by atoms with Crippen LogP contribution in [-0.2, 0) is 13.5 Å². The molecule has 0 saturated carbocycles. The van der Waals surface area contributed by atoms with Gasteiger partial charge >= 0.3 is 5.97 Å². The van der Waals surface area contributed by atoms with Gasteiger partial charge in [0, 0.05) is 13.1 Å². The maximum Gasteiger partial charge on any atom is 0.357 e. The molecule has 6 nitrogen and oxygen atoms in total. The van der Waals surface area contributed by atoms with E-state index in [1.165, 1.54) is 0 Å². The van der Waals surface area contributed by atoms with Crippen molar-refractivity contribution < 1.29 is 9.53 Å². The molecule has 2 heterocycles. The van der Waals surface area contributed by atoms with Crippen LogP contribution < -0.4 is 4.74 Å². The van der Waals surface area contributed by atoms with Crippen molar-refractivity contribution in [1.29, 1.82) is 0 Å². The Labute approximate surface area is 125 Å². The molecule has 0 amide bonds. The number of carbonyl (C=O) groups is 1. The zero-order valence-electron chi connectivity index (χ0n) is 11.7. The summed E-state index contributed by atoms with van der Waals surface area (Å²) in [6, 6.07) is 5.39. The number of esters is 1. The molecule has 2 aromatic heterocycles. The van der Waals surface area contributed by atoms with E-state index in [0.717, 1.165) is 35.4 Å². The highest BCUT2D eigenvalue weighted by atomic mass is 32.1. The number of hydrogen-bond donors (Lipinski definition) is 0. The second-order valence-corrected chi connectivity index (χ2v) is 5.45. The van der Waals surface area contributed by atoms with Crippen molar-refractivity contribution in [1.82, 2.24) is 19.1 Å². The molecule has 7 heteroatoms. The first-order chi connectivity index (χ1) is 10.2. The second kappa shape index (κ2) is 5.61. The Morgan fingerprint density at radius 2 is 2.29 bits per heavy atom. The van der Waals surface area contributed by atoms with Crippen LogP contribution in [0.25, 0.3) is 11.0 Å². The zero-order chi connectivity index (χ0) is 14.8. The normalized spacial score (nSPS) is 11.0. The van der Waals surface area contributed by atoms with Crippen LogP contribution in [0, 0.1) is 0 Å². The Bertz CT molecular complexity index is 793. The van der Waals surface area contributed by atoms with Crippen LogP contribution in [0.1, 0.15) is 28.7 Å². The van der Waals surface area contributed by atoms with E-state index in [0.29, 0.717) is 16.3 Å². The molecule has 0 aliphatic rings. The van der Waals surface area contributed by atoms with Crippen molar-refractivity contribution in [3.63, 3.8) is 0 Å². The van der Waals surface area contributed by atoms with Crippen LogP contribution in [0.15, 0.2) is 24.5 Å². The number of imidazole rings is 1. The standard InChI is InChI=1S/C14H14N4O2S/c1-3-4-10-13(21-17-16-10)14(19)20-9-5-6-12-11(7-9)15-8-18(12)2/h5-8H,3-4H2,1-2H3. The first kappa shape index (κ1) is 13.7. The van der Waals surface area contributed by atoms with E-state index in [4.69, 9.17) is 4.74 Å². The number of rotatable bonds is 4. The molecule has 0 atom stereocenters. The summed E-state index contributed by atoms with van der Waals surface area (Å²) in [5.41, 5.74) is 2.48. The molecule has 0 unspecified atom stereocenters. The van der Waals surface area contributed by atoms with Gasteiger partial charge in [-0.3, -0.25) is 0 Å². The fourth-order valence-electron chi connectivity index (χ4n) is 2.10. The van der Waals surface area contributed by atoms with Crippen LogP contribution in [0.3, 0.4) is 0 Å². The highest BCUT2D eigenvalue weighted by molar-refractivity contribution is 7.07. The van der Waals surface area contributed by atoms with Gasteiger partial charge in [-0.2, -0.15) is 0 Å². The second-order valence-electron chi connectivity index (χ2n) is 4.69. The lowest BCUT2D eigenvalue weighted by Gasteiger charge is -2.03. The van der Waals surface area contributed by atoms with Gasteiger partial charge in [0.05, 0.1) is 23.1 Å². The molecule has 1 aromatic carbocycles. The van der Waals surface area contributed by atoms with E-state index in [2.05, 4.69) is 14.6 Å². The number of fused-ring (bicyclic) bond motifs is 1. The van der Waals surface area contributed by atoms with Gasteiger partial charge < -0.3 is 9.30 Å². The van der Waals surface area contributed by atoms with Gasteiger partial charge in [0.2, 0.25) is 0 Å². The van der Waals surface area contributed by atoms with Crippen molar-refractivity contribution in [2.75, 3.05) is 0 Å². The Balaban J connectivity index is 1.83. The Hall–Kier alpha value is -2.28. The van der Waals surface area contributed by atoms with Gasteiger partial charge in [-0.05, 0) is 30.1 Å². The summed E-state index contributed by atoms with van der Waals surface area (Å²) in [5, 5.41) is 3.97. The number of aromatic nitrogens is 4. The van der Waals surface area contributed by atoms with Crippen LogP contribution in [0.2, 0.25) is 0 Å². The number of hydrogen-bond acceptors (Lipinski definition) is 6. The fourth-order valence-corrected chi connectivity index (χ4v) is 2.68. The molecular weight excluding hydrogens is 288 g/mol. The minimum Gasteiger partial charge on any atom is -0.422 e. The summed E-state index contributed by atoms with van der Waals surface area (Å²) in [7, 11) is 1.92. The highest BCUT2D eigenvalue weighted by Crippen LogP contribution is 2.21. The van der Waals surface area contributed by atoms with Crippen molar-refractivity contribution in [3.8, 4) is 5.75 Å². The van der Waals surface area contributed by atoms with E-state index in [1.807, 2.05) is 24.6 Å². The van der Waals surface area contributed by atoms with E-state index in [-0.39, 0.29) is 0 Å². The van der Waals surface area contributed by atoms with Gasteiger partial charge in [0.15, 0.2) is 4.88 Å². The number of aryl methyl sites for hydroxylation is 2. The molecular formula is C14H14N4O2S. The molecule has 0 saturated heterocycles. The molecule has 0 N–H and O–H groups in total. The number of carbonyl (C=O) groups excluding carboxylic acids is 1. The van der Waals surface area contributed by atoms with Crippen molar-refractivity contribution in [3.05, 3.63) is 35.1 Å². The third kappa shape index (κ3) is 2.64. The Morgan fingerprint density at radius 1 is 1.43 bits per heavy atom. The zero-order valence-corrected chi connectivity index (χ0v) is 12.6. The van der Waals surface area contributed by atoms with Gasteiger partial charge in [-0.25, -0.2) is 9.78 Å². The lowest BCUT2D eigenvalue weighted by molar-refractivity contribution is 0.0738. The van der Waals surface area contributed by atoms with E-state index >= 15 is 0 Å². The Kier molecular flexibility index (Phi) is 3.66. The molecule has 108 valence electrons. The predicted octanol–water partition coefficient (Wildman–Crippen LogP) is 2.60. The molecule has 3 aromatic rings. The first-order valence-electron chi connectivity index (χ1n) is 6.63. The minimum absolute atomic E-state index is 0.413. The number of benzene rings is 1. The molecule has 0 bridgehead atoms. The maximum absolute atomic E-state index is 12.2. The Morgan fingerprint density at radius 3 is 3.10 bits per heavy atom. The van der Waals surface area contributed by atoms with Gasteiger partial charge in [-0.15, -0.1) is 5.10 Å². The first-order valence-corrected chi connectivity index (χ1v) is 7.41. The summed E-state index contributed by atoms with van der Waals surface area (Å²) >= 11 is 1.07. The summed E-state index contributed by atoms with van der Waals surface area (Å²) in [5.74, 6) is 0.0609. The largest absolute Gasteiger partial charge is 0.422 e. The smallest absolute Gasteiger partial charge is 0.357 e. The number of nitrogens with zero attached hydrogens (tertiary/aromatic N) is 4. The summed E-state index contributed by atoms with van der Waals surface area (Å²) in [4.78, 5) is 16.9. The van der Waals surface area contributed by atoms with E-state index in [9.17, 15) is 4.79 Å². The lowest BCUT2D eigenvalue weighted by atomic mass is 10.2. The molecule has 0 aliphatic carbocycles. The highest BCUT2D eigenvalue weighted by Gasteiger charge is 2.18. The molecule has 0 aliphatic heterocycles. The third-order valence-corrected chi connectivity index (χ3v) is 3.88. The van der Waals surface area contributed by atoms with Crippen molar-refractivity contribution in [2.24, 2.45) is 7.05 Å². The molecule has 0 spiro atoms. The van der Waals surface area contributed by atoms with Crippen LogP contribution in [0.5, 0.6) is 5.75 Å². The SMILES string of the molecule is CCCc1nnsc1C(=O)Oc1ccc2c(c1)ncn2C. The fraction of sp³-hybridized carbons (Fsp3) is 0.286. The van der Waals surface area contributed by atoms with Crippen molar-refractivity contribution in [2.45, 2.75) is 19.8 Å². The topological polar surface area (TPSA) is 69.9 Å².